The Morgan fingerprint density at radius 1 is 0.468 bits per heavy atom. The third-order valence-corrected chi connectivity index (χ3v) is 6.94. The molecule has 0 N–H and O–H groups in total. The van der Waals surface area contributed by atoms with E-state index in [4.69, 9.17) is 9.47 Å². The van der Waals surface area contributed by atoms with E-state index in [1.165, 1.54) is 0 Å². The summed E-state index contributed by atoms with van der Waals surface area (Å²) in [6.45, 7) is 0. The number of rotatable bonds is 7. The maximum Gasteiger partial charge on any atom is 2.00 e. The Kier molecular flexibility index (Phi) is 9.57. The maximum absolute atomic E-state index is 6.22. The Labute approximate surface area is 298 Å². The monoisotopic (exact) mass is 971 g/mol. The minimum absolute atomic E-state index is 0. The summed E-state index contributed by atoms with van der Waals surface area (Å²) in [7, 11) is 0. The van der Waals surface area contributed by atoms with Crippen LogP contribution in [-0.4, -0.2) is 34.5 Å². The quantitative estimate of drug-likeness (QED) is 0.154. The predicted octanol–water partition coefficient (Wildman–Crippen LogP) is 7.27. The van der Waals surface area contributed by atoms with Crippen molar-refractivity contribution in [3.63, 3.8) is 0 Å². The number of aromatic nitrogens is 7. The Morgan fingerprint density at radius 3 is 1.43 bits per heavy atom. The van der Waals surface area contributed by atoms with Gasteiger partial charge in [-0.2, -0.15) is 22.9 Å². The molecule has 4 aromatic carbocycles. The van der Waals surface area contributed by atoms with Crippen molar-refractivity contribution in [1.82, 2.24) is 34.5 Å². The van der Waals surface area contributed by atoms with Crippen molar-refractivity contribution in [1.29, 1.82) is 0 Å². The van der Waals surface area contributed by atoms with Crippen molar-refractivity contribution in [2.45, 2.75) is 0 Å². The smallest absolute Gasteiger partial charge is 0.503 e. The van der Waals surface area contributed by atoms with E-state index in [2.05, 4.69) is 54.2 Å². The molecule has 0 saturated carbocycles. The van der Waals surface area contributed by atoms with Crippen LogP contribution >= 0.6 is 0 Å². The fourth-order valence-electron chi connectivity index (χ4n) is 4.98. The molecule has 47 heavy (non-hydrogen) atoms. The molecule has 11 heteroatoms. The number of benzene rings is 4. The van der Waals surface area contributed by atoms with Gasteiger partial charge in [-0.05, 0) is 6.07 Å². The third kappa shape index (κ3) is 6.59. The summed E-state index contributed by atoms with van der Waals surface area (Å²) in [5, 5.41) is 1.86. The summed E-state index contributed by atoms with van der Waals surface area (Å²) in [6.07, 6.45) is 13.3. The van der Waals surface area contributed by atoms with Gasteiger partial charge in [0.15, 0.2) is 0 Å². The Balaban J connectivity index is 0.00000193. The summed E-state index contributed by atoms with van der Waals surface area (Å²) >= 11 is 0. The van der Waals surface area contributed by atoms with Crippen LogP contribution in [0.4, 0.5) is 0 Å². The molecule has 8 aromatic rings. The van der Waals surface area contributed by atoms with Crippen LogP contribution in [0, 0.1) is 24.3 Å². The summed E-state index contributed by atoms with van der Waals surface area (Å²) in [5.41, 5.74) is 4.41. The van der Waals surface area contributed by atoms with Crippen LogP contribution < -0.4 is 9.47 Å². The molecule has 0 radical (unpaired) electrons. The van der Waals surface area contributed by atoms with Crippen molar-refractivity contribution in [3.05, 3.63) is 141 Å². The standard InChI is InChI=1S/C36H19N7O2.2Pt/c1-4-24(32-22-37-14-16-39-32)18-26(6-1)44-28-8-10-30-31-11-9-29(21-35(31)43(34(30)20-28)36-41-12-3-13-42-36)45-27-7-2-5-25(19-27)33-23-38-15-17-40-33;;/h1-17,22-23H;;/q-4;2*+2. The van der Waals surface area contributed by atoms with Crippen molar-refractivity contribution >= 4 is 21.8 Å². The first-order valence-electron chi connectivity index (χ1n) is 13.9. The minimum atomic E-state index is 0. The number of hydrogen-bond donors (Lipinski definition) is 0. The second-order valence-electron chi connectivity index (χ2n) is 9.80. The van der Waals surface area contributed by atoms with Gasteiger partial charge in [-0.15, -0.1) is 71.8 Å². The molecule has 0 unspecified atom stereocenters. The van der Waals surface area contributed by atoms with Crippen LogP contribution in [0.15, 0.2) is 116 Å². The van der Waals surface area contributed by atoms with Crippen LogP contribution in [0.1, 0.15) is 0 Å². The zero-order chi connectivity index (χ0) is 30.0. The SMILES string of the molecule is [Pt+2].[Pt+2].[c-]1c(Oc2[c-]c3c(cc2)c2ccc(Oc4[c-]c(-c5cnccn5)ccc4)[c-]c2n3-c2ncccn2)cccc1-c1cnccn1. The van der Waals surface area contributed by atoms with Crippen LogP contribution in [-0.2, 0) is 42.1 Å². The maximum atomic E-state index is 6.22. The first-order chi connectivity index (χ1) is 22.3. The molecule has 8 rings (SSSR count). The second-order valence-corrected chi connectivity index (χ2v) is 9.80. The van der Waals surface area contributed by atoms with E-state index >= 15 is 0 Å². The van der Waals surface area contributed by atoms with Gasteiger partial charge in [0.2, 0.25) is 5.95 Å². The van der Waals surface area contributed by atoms with Gasteiger partial charge in [0.1, 0.15) is 0 Å². The average Bonchev–Trinajstić information content (AvgIpc) is 3.42. The van der Waals surface area contributed by atoms with E-state index in [0.717, 1.165) is 32.9 Å². The fraction of sp³-hybridized carbons (Fsp3) is 0. The van der Waals surface area contributed by atoms with E-state index in [1.54, 1.807) is 55.6 Å². The number of nitrogens with zero attached hydrogens (tertiary/aromatic N) is 7. The van der Waals surface area contributed by atoms with Gasteiger partial charge >= 0.3 is 42.1 Å². The molecule has 4 aromatic heterocycles. The van der Waals surface area contributed by atoms with Crippen molar-refractivity contribution < 1.29 is 51.6 Å². The van der Waals surface area contributed by atoms with Gasteiger partial charge < -0.3 is 24.0 Å². The van der Waals surface area contributed by atoms with Crippen molar-refractivity contribution in [2.24, 2.45) is 0 Å². The average molecular weight is 972 g/mol. The topological polar surface area (TPSA) is 101 Å². The van der Waals surface area contributed by atoms with E-state index in [1.807, 2.05) is 65.2 Å². The zero-order valence-corrected chi connectivity index (χ0v) is 28.6. The van der Waals surface area contributed by atoms with Gasteiger partial charge in [-0.25, -0.2) is 9.97 Å². The summed E-state index contributed by atoms with van der Waals surface area (Å²) < 4.78 is 14.3. The van der Waals surface area contributed by atoms with Gasteiger partial charge in [-0.3, -0.25) is 9.97 Å². The molecule has 230 valence electrons. The summed E-state index contributed by atoms with van der Waals surface area (Å²) in [4.78, 5) is 26.1. The van der Waals surface area contributed by atoms with Gasteiger partial charge in [0.25, 0.3) is 0 Å². The summed E-state index contributed by atoms with van der Waals surface area (Å²) in [5.74, 6) is 2.51. The van der Waals surface area contributed by atoms with Crippen LogP contribution in [0.3, 0.4) is 0 Å². The molecule has 9 nitrogen and oxygen atoms in total. The fourth-order valence-corrected chi connectivity index (χ4v) is 4.98. The summed E-state index contributed by atoms with van der Waals surface area (Å²) in [6, 6.07) is 34.1. The van der Waals surface area contributed by atoms with E-state index < -0.39 is 0 Å². The molecule has 0 spiro atoms. The van der Waals surface area contributed by atoms with E-state index in [-0.39, 0.29) is 42.1 Å². The molecule has 0 aliphatic carbocycles. The van der Waals surface area contributed by atoms with Gasteiger partial charge in [-0.1, -0.05) is 23.2 Å². The first kappa shape index (κ1) is 31.9. The predicted molar refractivity (Wildman–Crippen MR) is 167 cm³/mol. The number of ether oxygens (including phenoxy) is 2. The Bertz CT molecular complexity index is 2150. The first-order valence-corrected chi connectivity index (χ1v) is 13.9. The van der Waals surface area contributed by atoms with Crippen LogP contribution in [0.2, 0.25) is 0 Å². The molecule has 0 atom stereocenters. The van der Waals surface area contributed by atoms with Gasteiger partial charge in [0, 0.05) is 84.0 Å². The molecule has 0 fully saturated rings. The van der Waals surface area contributed by atoms with E-state index in [9.17, 15) is 0 Å². The minimum Gasteiger partial charge on any atom is -0.503 e. The van der Waals surface area contributed by atoms with Crippen molar-refractivity contribution in [3.8, 4) is 51.5 Å². The largest absolute Gasteiger partial charge is 2.00 e. The van der Waals surface area contributed by atoms with Crippen LogP contribution in [0.25, 0.3) is 50.3 Å². The van der Waals surface area contributed by atoms with Gasteiger partial charge in [0.05, 0.1) is 0 Å². The Hall–Kier alpha value is -5.10. The molecule has 0 amide bonds. The third-order valence-electron chi connectivity index (χ3n) is 6.94. The number of hydrogen-bond acceptors (Lipinski definition) is 8. The molecule has 4 heterocycles. The molecule has 0 saturated heterocycles. The molecule has 0 aliphatic heterocycles. The Morgan fingerprint density at radius 2 is 0.957 bits per heavy atom. The molecule has 0 bridgehead atoms. The van der Waals surface area contributed by atoms with Crippen LogP contribution in [0.5, 0.6) is 23.0 Å². The molecular weight excluding hydrogens is 953 g/mol. The molecular formula is C36H19N7O2Pt2. The number of fused-ring (bicyclic) bond motifs is 3. The second kappa shape index (κ2) is 14.1. The normalized spacial score (nSPS) is 10.6. The van der Waals surface area contributed by atoms with Crippen molar-refractivity contribution in [2.75, 3.05) is 0 Å². The molecule has 0 aliphatic rings. The van der Waals surface area contributed by atoms with E-state index in [0.29, 0.717) is 40.3 Å². The zero-order valence-electron chi connectivity index (χ0n) is 24.0.